The molecule has 2 amide bonds. The van der Waals surface area contributed by atoms with Crippen molar-refractivity contribution in [3.05, 3.63) is 51.8 Å². The summed E-state index contributed by atoms with van der Waals surface area (Å²) in [5.74, 6) is -0.169. The molecule has 2 N–H and O–H groups in total. The standard InChI is InChI=1S/C16H15BrN6O2S/c1-9-7-10(2)23-15(18-9)21-22-16(23)26-8-13(24)19-20-14(25)11-3-5-12(17)6-4-11/h3-7H,8H2,1-2H3,(H,19,24)(H,20,25). The van der Waals surface area contributed by atoms with Gasteiger partial charge in [-0.25, -0.2) is 4.98 Å². The van der Waals surface area contributed by atoms with Crippen molar-refractivity contribution in [1.82, 2.24) is 30.4 Å². The molecule has 2 aromatic heterocycles. The van der Waals surface area contributed by atoms with Gasteiger partial charge in [0.2, 0.25) is 5.91 Å². The number of hydrogen-bond acceptors (Lipinski definition) is 6. The molecule has 26 heavy (non-hydrogen) atoms. The summed E-state index contributed by atoms with van der Waals surface area (Å²) in [6.07, 6.45) is 0. The van der Waals surface area contributed by atoms with Crippen molar-refractivity contribution >= 4 is 45.3 Å². The fourth-order valence-electron chi connectivity index (χ4n) is 2.26. The molecule has 0 spiro atoms. The van der Waals surface area contributed by atoms with Crippen LogP contribution in [0.5, 0.6) is 0 Å². The Labute approximate surface area is 161 Å². The van der Waals surface area contributed by atoms with Crippen LogP contribution in [0.25, 0.3) is 5.78 Å². The van der Waals surface area contributed by atoms with Crippen LogP contribution in [0.4, 0.5) is 0 Å². The molecule has 0 atom stereocenters. The molecular weight excluding hydrogens is 420 g/mol. The van der Waals surface area contributed by atoms with Crippen LogP contribution in [0.2, 0.25) is 0 Å². The first-order valence-electron chi connectivity index (χ1n) is 7.61. The third-order valence-electron chi connectivity index (χ3n) is 3.42. The smallest absolute Gasteiger partial charge is 0.269 e. The van der Waals surface area contributed by atoms with Crippen LogP contribution in [0.3, 0.4) is 0 Å². The van der Waals surface area contributed by atoms with Crippen molar-refractivity contribution in [2.75, 3.05) is 5.75 Å². The van der Waals surface area contributed by atoms with Crippen LogP contribution in [-0.2, 0) is 4.79 Å². The van der Waals surface area contributed by atoms with Gasteiger partial charge < -0.3 is 0 Å². The first kappa shape index (κ1) is 18.3. The maximum atomic E-state index is 12.0. The van der Waals surface area contributed by atoms with Gasteiger partial charge in [-0.1, -0.05) is 27.7 Å². The Bertz CT molecular complexity index is 973. The Kier molecular flexibility index (Phi) is 5.52. The van der Waals surface area contributed by atoms with Gasteiger partial charge in [-0.15, -0.1) is 10.2 Å². The van der Waals surface area contributed by atoms with Crippen LogP contribution in [0.1, 0.15) is 21.7 Å². The van der Waals surface area contributed by atoms with Gasteiger partial charge in [0.25, 0.3) is 11.7 Å². The molecule has 2 heterocycles. The molecule has 3 aromatic rings. The zero-order chi connectivity index (χ0) is 18.7. The molecular formula is C16H15BrN6O2S. The van der Waals surface area contributed by atoms with Crippen LogP contribution in [0, 0.1) is 13.8 Å². The second-order valence-electron chi connectivity index (χ2n) is 5.45. The van der Waals surface area contributed by atoms with Crippen molar-refractivity contribution in [3.63, 3.8) is 0 Å². The molecule has 0 aliphatic heterocycles. The lowest BCUT2D eigenvalue weighted by atomic mass is 10.2. The largest absolute Gasteiger partial charge is 0.272 e. The average Bonchev–Trinajstić information content (AvgIpc) is 3.01. The molecule has 0 unspecified atom stereocenters. The van der Waals surface area contributed by atoms with E-state index in [4.69, 9.17) is 0 Å². The zero-order valence-corrected chi connectivity index (χ0v) is 16.4. The lowest BCUT2D eigenvalue weighted by Gasteiger charge is -2.07. The highest BCUT2D eigenvalue weighted by Gasteiger charge is 2.13. The molecule has 1 aromatic carbocycles. The highest BCUT2D eigenvalue weighted by molar-refractivity contribution is 9.10. The first-order chi connectivity index (χ1) is 12.4. The van der Waals surface area contributed by atoms with Crippen molar-refractivity contribution in [2.24, 2.45) is 0 Å². The Morgan fingerprint density at radius 2 is 1.88 bits per heavy atom. The summed E-state index contributed by atoms with van der Waals surface area (Å²) in [6.45, 7) is 3.81. The number of carbonyl (C=O) groups excluding carboxylic acids is 2. The highest BCUT2D eigenvalue weighted by atomic mass is 79.9. The van der Waals surface area contributed by atoms with Crippen molar-refractivity contribution in [3.8, 4) is 0 Å². The Balaban J connectivity index is 1.56. The van der Waals surface area contributed by atoms with E-state index < -0.39 is 0 Å². The van der Waals surface area contributed by atoms with E-state index in [1.807, 2.05) is 19.9 Å². The van der Waals surface area contributed by atoms with Gasteiger partial charge in [0.05, 0.1) is 5.75 Å². The zero-order valence-electron chi connectivity index (χ0n) is 14.0. The SMILES string of the molecule is Cc1cc(C)n2c(SCC(=O)NNC(=O)c3ccc(Br)cc3)nnc2n1. The highest BCUT2D eigenvalue weighted by Crippen LogP contribution is 2.18. The number of amides is 2. The lowest BCUT2D eigenvalue weighted by molar-refractivity contribution is -0.119. The molecule has 0 aliphatic carbocycles. The number of halogens is 1. The number of benzene rings is 1. The topological polar surface area (TPSA) is 101 Å². The van der Waals surface area contributed by atoms with Crippen LogP contribution in [0.15, 0.2) is 40.0 Å². The van der Waals surface area contributed by atoms with Gasteiger partial charge in [0.1, 0.15) is 0 Å². The lowest BCUT2D eigenvalue weighted by Crippen LogP contribution is -2.42. The number of rotatable bonds is 4. The molecule has 0 saturated carbocycles. The molecule has 0 saturated heterocycles. The minimum atomic E-state index is -0.390. The van der Waals surface area contributed by atoms with Crippen molar-refractivity contribution < 1.29 is 9.59 Å². The van der Waals surface area contributed by atoms with Gasteiger partial charge in [0.15, 0.2) is 5.16 Å². The van der Waals surface area contributed by atoms with Crippen molar-refractivity contribution in [2.45, 2.75) is 19.0 Å². The monoisotopic (exact) mass is 434 g/mol. The molecule has 3 rings (SSSR count). The summed E-state index contributed by atoms with van der Waals surface area (Å²) in [5, 5.41) is 8.65. The number of aromatic nitrogens is 4. The van der Waals surface area contributed by atoms with E-state index in [0.717, 1.165) is 15.9 Å². The first-order valence-corrected chi connectivity index (χ1v) is 9.39. The summed E-state index contributed by atoms with van der Waals surface area (Å²) in [5.41, 5.74) is 7.00. The maximum absolute atomic E-state index is 12.0. The second kappa shape index (κ2) is 7.83. The predicted octanol–water partition coefficient (Wildman–Crippen LogP) is 2.06. The maximum Gasteiger partial charge on any atom is 0.269 e. The number of aryl methyl sites for hydroxylation is 2. The summed E-state index contributed by atoms with van der Waals surface area (Å²) in [7, 11) is 0. The van der Waals surface area contributed by atoms with Gasteiger partial charge in [-0.2, -0.15) is 0 Å². The van der Waals surface area contributed by atoms with E-state index in [-0.39, 0.29) is 17.6 Å². The fraction of sp³-hybridized carbons (Fsp3) is 0.188. The van der Waals surface area contributed by atoms with E-state index in [2.05, 4.69) is 42.0 Å². The van der Waals surface area contributed by atoms with E-state index in [1.54, 1.807) is 28.7 Å². The third kappa shape index (κ3) is 4.20. The summed E-state index contributed by atoms with van der Waals surface area (Å²) in [6, 6.07) is 8.72. The number of nitrogens with zero attached hydrogens (tertiary/aromatic N) is 4. The molecule has 0 fully saturated rings. The normalized spacial score (nSPS) is 10.7. The Morgan fingerprint density at radius 1 is 1.15 bits per heavy atom. The number of carbonyl (C=O) groups is 2. The molecule has 0 bridgehead atoms. The number of hydrogen-bond donors (Lipinski definition) is 2. The van der Waals surface area contributed by atoms with Gasteiger partial charge in [0, 0.05) is 21.4 Å². The van der Waals surface area contributed by atoms with E-state index in [0.29, 0.717) is 16.5 Å². The molecule has 0 radical (unpaired) electrons. The number of nitrogens with one attached hydrogen (secondary N) is 2. The number of hydrazine groups is 1. The molecule has 8 nitrogen and oxygen atoms in total. The summed E-state index contributed by atoms with van der Waals surface area (Å²) < 4.78 is 2.65. The number of thioether (sulfide) groups is 1. The van der Waals surface area contributed by atoms with Gasteiger partial charge in [-0.05, 0) is 44.2 Å². The quantitative estimate of drug-likeness (QED) is 0.481. The Morgan fingerprint density at radius 3 is 2.62 bits per heavy atom. The van der Waals surface area contributed by atoms with Crippen LogP contribution in [-0.4, -0.2) is 37.1 Å². The summed E-state index contributed by atoms with van der Waals surface area (Å²) >= 11 is 4.51. The predicted molar refractivity (Wildman–Crippen MR) is 101 cm³/mol. The van der Waals surface area contributed by atoms with E-state index >= 15 is 0 Å². The van der Waals surface area contributed by atoms with E-state index in [9.17, 15) is 9.59 Å². The van der Waals surface area contributed by atoms with E-state index in [1.165, 1.54) is 11.8 Å². The second-order valence-corrected chi connectivity index (χ2v) is 7.31. The number of fused-ring (bicyclic) bond motifs is 1. The minimum absolute atomic E-state index is 0.0781. The summed E-state index contributed by atoms with van der Waals surface area (Å²) in [4.78, 5) is 28.2. The van der Waals surface area contributed by atoms with Gasteiger partial charge >= 0.3 is 0 Å². The Hall–Kier alpha value is -2.46. The van der Waals surface area contributed by atoms with Crippen LogP contribution >= 0.6 is 27.7 Å². The molecule has 10 heteroatoms. The average molecular weight is 435 g/mol. The molecule has 0 aliphatic rings. The fourth-order valence-corrected chi connectivity index (χ4v) is 3.31. The van der Waals surface area contributed by atoms with Crippen molar-refractivity contribution in [1.29, 1.82) is 0 Å². The third-order valence-corrected chi connectivity index (χ3v) is 4.87. The molecule has 134 valence electrons. The van der Waals surface area contributed by atoms with Crippen LogP contribution < -0.4 is 10.9 Å². The van der Waals surface area contributed by atoms with Gasteiger partial charge in [-0.3, -0.25) is 24.8 Å². The minimum Gasteiger partial charge on any atom is -0.272 e.